The number of rotatable bonds is 5. The Morgan fingerprint density at radius 2 is 0.913 bits per heavy atom. The lowest BCUT2D eigenvalue weighted by molar-refractivity contribution is 1.18. The zero-order valence-electron chi connectivity index (χ0n) is 25.2. The molecule has 0 saturated carbocycles. The third kappa shape index (κ3) is 4.35. The molecule has 0 spiro atoms. The molecule has 0 unspecified atom stereocenters. The topological polar surface area (TPSA) is 8.17 Å². The highest BCUT2D eigenvalue weighted by Gasteiger charge is 2.17. The Kier molecular flexibility index (Phi) is 6.17. The first kappa shape index (κ1) is 26.3. The summed E-state index contributed by atoms with van der Waals surface area (Å²) in [6, 6.07) is 65.7. The number of nitrogens with zero attached hydrogens (tertiary/aromatic N) is 2. The standard InChI is InChI=1S/C44H30N2/c1-2-10-31(11-3-1)33-18-22-36(23-19-33)45(39-24-20-32-12-4-5-14-35(32)30-39)37-25-27-38(28-26-37)46-43-17-9-8-16-41(43)42-29-21-34-13-6-7-15-40(34)44(42)46/h1-30H. The summed E-state index contributed by atoms with van der Waals surface area (Å²) in [5.41, 5.74) is 9.37. The Balaban J connectivity index is 1.20. The van der Waals surface area contributed by atoms with Gasteiger partial charge in [-0.15, -0.1) is 0 Å². The summed E-state index contributed by atoms with van der Waals surface area (Å²) in [5.74, 6) is 0. The van der Waals surface area contributed by atoms with Crippen molar-refractivity contribution in [3.63, 3.8) is 0 Å². The van der Waals surface area contributed by atoms with Crippen LogP contribution < -0.4 is 4.90 Å². The quantitative estimate of drug-likeness (QED) is 0.195. The molecule has 0 fully saturated rings. The Labute approximate surface area is 268 Å². The molecule has 1 aromatic heterocycles. The summed E-state index contributed by atoms with van der Waals surface area (Å²) in [6.45, 7) is 0. The Hall–Kier alpha value is -6.12. The van der Waals surface area contributed by atoms with Gasteiger partial charge < -0.3 is 9.47 Å². The molecule has 0 aliphatic heterocycles. The van der Waals surface area contributed by atoms with E-state index in [9.17, 15) is 0 Å². The number of anilines is 3. The predicted molar refractivity (Wildman–Crippen MR) is 196 cm³/mol. The molecule has 1 heterocycles. The highest BCUT2D eigenvalue weighted by Crippen LogP contribution is 2.40. The first-order chi connectivity index (χ1) is 22.8. The van der Waals surface area contributed by atoms with E-state index in [-0.39, 0.29) is 0 Å². The molecule has 216 valence electrons. The maximum absolute atomic E-state index is 2.42. The van der Waals surface area contributed by atoms with Gasteiger partial charge >= 0.3 is 0 Å². The van der Waals surface area contributed by atoms with Gasteiger partial charge in [-0.2, -0.15) is 0 Å². The van der Waals surface area contributed by atoms with Crippen molar-refractivity contribution in [2.45, 2.75) is 0 Å². The molecule has 0 aliphatic rings. The van der Waals surface area contributed by atoms with Crippen LogP contribution in [0.15, 0.2) is 182 Å². The van der Waals surface area contributed by atoms with Gasteiger partial charge in [0.25, 0.3) is 0 Å². The van der Waals surface area contributed by atoms with Crippen molar-refractivity contribution >= 4 is 60.4 Å². The number of fused-ring (bicyclic) bond motifs is 6. The number of benzene rings is 8. The number of para-hydroxylation sites is 1. The van der Waals surface area contributed by atoms with Gasteiger partial charge in [0.15, 0.2) is 0 Å². The third-order valence-electron chi connectivity index (χ3n) is 9.15. The van der Waals surface area contributed by atoms with Gasteiger partial charge in [0.05, 0.1) is 11.0 Å². The van der Waals surface area contributed by atoms with Gasteiger partial charge in [-0.25, -0.2) is 0 Å². The molecule has 0 atom stereocenters. The molecule has 2 heteroatoms. The molecule has 9 aromatic rings. The van der Waals surface area contributed by atoms with Gasteiger partial charge in [0, 0.05) is 38.9 Å². The van der Waals surface area contributed by atoms with E-state index >= 15 is 0 Å². The number of hydrogen-bond donors (Lipinski definition) is 0. The van der Waals surface area contributed by atoms with Gasteiger partial charge in [-0.1, -0.05) is 127 Å². The maximum Gasteiger partial charge on any atom is 0.0619 e. The van der Waals surface area contributed by atoms with Crippen LogP contribution in [0.1, 0.15) is 0 Å². The summed E-state index contributed by atoms with van der Waals surface area (Å²) in [5, 5.41) is 7.51. The lowest BCUT2D eigenvalue weighted by Crippen LogP contribution is -2.10. The van der Waals surface area contributed by atoms with Crippen molar-refractivity contribution in [1.82, 2.24) is 4.57 Å². The van der Waals surface area contributed by atoms with Crippen LogP contribution in [-0.2, 0) is 0 Å². The van der Waals surface area contributed by atoms with Gasteiger partial charge in [0.2, 0.25) is 0 Å². The molecule has 0 radical (unpaired) electrons. The normalized spacial score (nSPS) is 11.5. The zero-order valence-corrected chi connectivity index (χ0v) is 25.2. The second-order valence-corrected chi connectivity index (χ2v) is 11.8. The van der Waals surface area contributed by atoms with Crippen LogP contribution in [0.4, 0.5) is 17.1 Å². The minimum atomic E-state index is 1.11. The first-order valence-corrected chi connectivity index (χ1v) is 15.8. The van der Waals surface area contributed by atoms with Crippen LogP contribution in [0.3, 0.4) is 0 Å². The fourth-order valence-corrected chi connectivity index (χ4v) is 6.95. The molecule has 46 heavy (non-hydrogen) atoms. The summed E-state index contributed by atoms with van der Waals surface area (Å²) < 4.78 is 2.42. The van der Waals surface area contributed by atoms with Crippen LogP contribution in [0.25, 0.3) is 60.2 Å². The van der Waals surface area contributed by atoms with Crippen molar-refractivity contribution in [2.75, 3.05) is 4.90 Å². The van der Waals surface area contributed by atoms with E-state index in [2.05, 4.69) is 191 Å². The molecule has 9 rings (SSSR count). The van der Waals surface area contributed by atoms with E-state index in [1.165, 1.54) is 54.5 Å². The minimum Gasteiger partial charge on any atom is -0.310 e. The Morgan fingerprint density at radius 1 is 0.348 bits per heavy atom. The molecule has 0 saturated heterocycles. The van der Waals surface area contributed by atoms with Crippen molar-refractivity contribution in [2.24, 2.45) is 0 Å². The average molecular weight is 587 g/mol. The second kappa shape index (κ2) is 10.8. The highest BCUT2D eigenvalue weighted by molar-refractivity contribution is 6.18. The van der Waals surface area contributed by atoms with Gasteiger partial charge in [-0.3, -0.25) is 0 Å². The summed E-state index contributed by atoms with van der Waals surface area (Å²) >= 11 is 0. The molecular formula is C44H30N2. The van der Waals surface area contributed by atoms with E-state index in [0.29, 0.717) is 0 Å². The Bertz CT molecular complexity index is 2510. The van der Waals surface area contributed by atoms with Gasteiger partial charge in [0.1, 0.15) is 0 Å². The lowest BCUT2D eigenvalue weighted by atomic mass is 10.0. The predicted octanol–water partition coefficient (Wildman–Crippen LogP) is 12.2. The van der Waals surface area contributed by atoms with Crippen molar-refractivity contribution in [3.8, 4) is 16.8 Å². The number of hydrogen-bond acceptors (Lipinski definition) is 1. The van der Waals surface area contributed by atoms with Crippen LogP contribution in [0.2, 0.25) is 0 Å². The second-order valence-electron chi connectivity index (χ2n) is 11.8. The number of aromatic nitrogens is 1. The van der Waals surface area contributed by atoms with Crippen molar-refractivity contribution < 1.29 is 0 Å². The molecule has 0 N–H and O–H groups in total. The van der Waals surface area contributed by atoms with E-state index in [0.717, 1.165) is 22.7 Å². The van der Waals surface area contributed by atoms with Gasteiger partial charge in [-0.05, 0) is 81.9 Å². The van der Waals surface area contributed by atoms with E-state index in [4.69, 9.17) is 0 Å². The lowest BCUT2D eigenvalue weighted by Gasteiger charge is -2.26. The highest BCUT2D eigenvalue weighted by atomic mass is 15.1. The minimum absolute atomic E-state index is 1.11. The summed E-state index contributed by atoms with van der Waals surface area (Å²) in [4.78, 5) is 2.35. The largest absolute Gasteiger partial charge is 0.310 e. The van der Waals surface area contributed by atoms with E-state index in [1.54, 1.807) is 0 Å². The zero-order chi connectivity index (χ0) is 30.5. The average Bonchev–Trinajstić information content (AvgIpc) is 3.48. The van der Waals surface area contributed by atoms with E-state index < -0.39 is 0 Å². The van der Waals surface area contributed by atoms with Crippen LogP contribution in [0.5, 0.6) is 0 Å². The van der Waals surface area contributed by atoms with Crippen molar-refractivity contribution in [3.05, 3.63) is 182 Å². The summed E-state index contributed by atoms with van der Waals surface area (Å²) in [7, 11) is 0. The smallest absolute Gasteiger partial charge is 0.0619 e. The fraction of sp³-hybridized carbons (Fsp3) is 0. The Morgan fingerprint density at radius 3 is 1.70 bits per heavy atom. The molecule has 0 aliphatic carbocycles. The molecule has 0 bridgehead atoms. The maximum atomic E-state index is 2.42. The first-order valence-electron chi connectivity index (χ1n) is 15.8. The van der Waals surface area contributed by atoms with Crippen molar-refractivity contribution in [1.29, 1.82) is 0 Å². The summed E-state index contributed by atoms with van der Waals surface area (Å²) in [6.07, 6.45) is 0. The molecule has 2 nitrogen and oxygen atoms in total. The van der Waals surface area contributed by atoms with E-state index in [1.807, 2.05) is 0 Å². The third-order valence-corrected chi connectivity index (χ3v) is 9.15. The molecule has 8 aromatic carbocycles. The molecule has 0 amide bonds. The van der Waals surface area contributed by atoms with Crippen LogP contribution in [0, 0.1) is 0 Å². The fourth-order valence-electron chi connectivity index (χ4n) is 6.95. The van der Waals surface area contributed by atoms with Crippen LogP contribution >= 0.6 is 0 Å². The molecular weight excluding hydrogens is 556 g/mol. The monoisotopic (exact) mass is 586 g/mol. The SMILES string of the molecule is c1ccc(-c2ccc(N(c3ccc(-n4c5ccccc5c5ccc6ccccc6c54)cc3)c3ccc4ccccc4c3)cc2)cc1. The van der Waals surface area contributed by atoms with Crippen LogP contribution in [-0.4, -0.2) is 4.57 Å².